The molecular weight excluding hydrogens is 583 g/mol. The summed E-state index contributed by atoms with van der Waals surface area (Å²) in [5.41, 5.74) is 9.12. The molecule has 6 rings (SSSR count). The van der Waals surface area contributed by atoms with Crippen molar-refractivity contribution in [3.8, 4) is 0 Å². The second-order valence-electron chi connectivity index (χ2n) is 11.5. The van der Waals surface area contributed by atoms with Crippen LogP contribution >= 0.6 is 0 Å². The third-order valence-electron chi connectivity index (χ3n) is 8.07. The highest BCUT2D eigenvalue weighted by molar-refractivity contribution is 6.04. The Hall–Kier alpha value is -4.91. The van der Waals surface area contributed by atoms with Crippen molar-refractivity contribution in [3.63, 3.8) is 0 Å². The molecule has 0 bridgehead atoms. The Morgan fingerprint density at radius 2 is 1.76 bits per heavy atom. The lowest BCUT2D eigenvalue weighted by Gasteiger charge is -2.37. The number of nitrogens with two attached hydrogens (primary N) is 1. The van der Waals surface area contributed by atoms with Gasteiger partial charge >= 0.3 is 6.18 Å². The fourth-order valence-electron chi connectivity index (χ4n) is 5.61. The number of benzene rings is 2. The zero-order valence-corrected chi connectivity index (χ0v) is 25.0. The van der Waals surface area contributed by atoms with Gasteiger partial charge in [-0.2, -0.15) is 18.2 Å². The molecule has 45 heavy (non-hydrogen) atoms. The predicted octanol–water partition coefficient (Wildman–Crippen LogP) is 5.54. The van der Waals surface area contributed by atoms with E-state index in [4.69, 9.17) is 10.7 Å². The van der Waals surface area contributed by atoms with Crippen LogP contribution < -0.4 is 31.1 Å². The number of halogens is 3. The Bertz CT molecular complexity index is 1690. The van der Waals surface area contributed by atoms with Crippen molar-refractivity contribution in [2.24, 2.45) is 5.73 Å². The quantitative estimate of drug-likeness (QED) is 0.257. The molecule has 4 N–H and O–H groups in total. The van der Waals surface area contributed by atoms with E-state index in [1.54, 1.807) is 18.5 Å². The van der Waals surface area contributed by atoms with Crippen LogP contribution in [0.15, 0.2) is 67.0 Å². The van der Waals surface area contributed by atoms with E-state index in [2.05, 4.69) is 30.4 Å². The van der Waals surface area contributed by atoms with Crippen LogP contribution in [0.1, 0.15) is 39.9 Å². The number of nitrogens with one attached hydrogen (secondary N) is 2. The van der Waals surface area contributed by atoms with E-state index in [1.165, 1.54) is 12.1 Å². The molecule has 1 fully saturated rings. The van der Waals surface area contributed by atoms with Gasteiger partial charge in [-0.05, 0) is 67.8 Å². The number of nitrogens with zero attached hydrogens (tertiary/aromatic N) is 6. The first-order chi connectivity index (χ1) is 21.5. The van der Waals surface area contributed by atoms with Crippen LogP contribution in [0.5, 0.6) is 0 Å². The number of fused-ring (bicyclic) bond motifs is 1. The number of carbonyl (C=O) groups excluding carboxylic acids is 1. The zero-order valence-electron chi connectivity index (χ0n) is 25.0. The SMILES string of the molecule is Cc1ccc(NC(=O)c2cccc(C(F)(F)F)c2)cc1N1Cc2cnc(Nc3ccc(N4CCC(N)CC4)nc3)nc2N(C)C1. The molecule has 4 heterocycles. The van der Waals surface area contributed by atoms with Crippen LogP contribution in [-0.2, 0) is 12.7 Å². The second-order valence-corrected chi connectivity index (χ2v) is 11.5. The zero-order chi connectivity index (χ0) is 31.7. The molecule has 4 aromatic rings. The van der Waals surface area contributed by atoms with Gasteiger partial charge in [0.2, 0.25) is 5.95 Å². The van der Waals surface area contributed by atoms with E-state index < -0.39 is 17.6 Å². The van der Waals surface area contributed by atoms with Gasteiger partial charge in [0.25, 0.3) is 5.91 Å². The fraction of sp³-hybridized carbons (Fsp3) is 0.312. The van der Waals surface area contributed by atoms with Crippen LogP contribution in [-0.4, -0.2) is 53.7 Å². The monoisotopic (exact) mass is 617 g/mol. The lowest BCUT2D eigenvalue weighted by molar-refractivity contribution is -0.137. The molecule has 0 atom stereocenters. The summed E-state index contributed by atoms with van der Waals surface area (Å²) in [6, 6.07) is 14.0. The molecule has 1 amide bonds. The van der Waals surface area contributed by atoms with Crippen molar-refractivity contribution in [1.29, 1.82) is 0 Å². The van der Waals surface area contributed by atoms with Crippen LogP contribution in [0.2, 0.25) is 0 Å². The van der Waals surface area contributed by atoms with Crippen LogP contribution in [0.3, 0.4) is 0 Å². The number of alkyl halides is 3. The number of aryl methyl sites for hydroxylation is 1. The van der Waals surface area contributed by atoms with Gasteiger partial charge in [-0.15, -0.1) is 0 Å². The van der Waals surface area contributed by atoms with Gasteiger partial charge in [0.15, 0.2) is 0 Å². The summed E-state index contributed by atoms with van der Waals surface area (Å²) in [6.07, 6.45) is 0.955. The Labute approximate surface area is 259 Å². The van der Waals surface area contributed by atoms with Crippen molar-refractivity contribution in [2.45, 2.75) is 38.5 Å². The maximum atomic E-state index is 13.1. The molecule has 0 spiro atoms. The van der Waals surface area contributed by atoms with Crippen molar-refractivity contribution < 1.29 is 18.0 Å². The third-order valence-corrected chi connectivity index (χ3v) is 8.07. The summed E-state index contributed by atoms with van der Waals surface area (Å²) in [5, 5.41) is 5.98. The van der Waals surface area contributed by atoms with E-state index in [-0.39, 0.29) is 11.6 Å². The minimum Gasteiger partial charge on any atom is -0.357 e. The summed E-state index contributed by atoms with van der Waals surface area (Å²) in [6.45, 7) is 4.81. The number of pyridine rings is 1. The van der Waals surface area contributed by atoms with Crippen LogP contribution in [0, 0.1) is 6.92 Å². The van der Waals surface area contributed by atoms with E-state index in [0.29, 0.717) is 24.8 Å². The first-order valence-corrected chi connectivity index (χ1v) is 14.7. The minimum absolute atomic E-state index is 0.0703. The topological polar surface area (TPSA) is 116 Å². The molecule has 0 saturated carbocycles. The number of anilines is 6. The van der Waals surface area contributed by atoms with Crippen LogP contribution in [0.4, 0.5) is 47.8 Å². The van der Waals surface area contributed by atoms with Gasteiger partial charge in [-0.3, -0.25) is 4.79 Å². The summed E-state index contributed by atoms with van der Waals surface area (Å²) >= 11 is 0. The highest BCUT2D eigenvalue weighted by atomic mass is 19.4. The smallest absolute Gasteiger partial charge is 0.357 e. The van der Waals surface area contributed by atoms with Gasteiger partial charge in [0, 0.05) is 61.4 Å². The third kappa shape index (κ3) is 6.78. The molecule has 0 radical (unpaired) electrons. The number of aromatic nitrogens is 3. The standard InChI is InChI=1S/C32H34F3N9O/c1-20-6-7-25(39-30(45)21-4-3-5-23(14-21)32(33,34)35)15-27(20)44-18-22-16-38-31(41-29(22)42(2)19-44)40-26-8-9-28(37-17-26)43-12-10-24(36)11-13-43/h3-9,14-17,24H,10-13,18-19,36H2,1-2H3,(H,39,45)(H,38,40,41). The van der Waals surface area contributed by atoms with E-state index in [0.717, 1.165) is 72.2 Å². The molecule has 2 aliphatic heterocycles. The van der Waals surface area contributed by atoms with Crippen molar-refractivity contribution in [3.05, 3.63) is 89.2 Å². The lowest BCUT2D eigenvalue weighted by Crippen LogP contribution is -2.41. The van der Waals surface area contributed by atoms with Crippen molar-refractivity contribution in [1.82, 2.24) is 15.0 Å². The second kappa shape index (κ2) is 12.2. The Morgan fingerprint density at radius 1 is 0.978 bits per heavy atom. The molecule has 2 aliphatic rings. The number of amides is 1. The molecule has 13 heteroatoms. The Balaban J connectivity index is 1.13. The molecule has 1 saturated heterocycles. The maximum Gasteiger partial charge on any atom is 0.416 e. The lowest BCUT2D eigenvalue weighted by atomic mass is 10.1. The minimum atomic E-state index is -4.53. The first-order valence-electron chi connectivity index (χ1n) is 14.7. The predicted molar refractivity (Wildman–Crippen MR) is 169 cm³/mol. The average molecular weight is 618 g/mol. The molecule has 10 nitrogen and oxygen atoms in total. The number of carbonyl (C=O) groups is 1. The summed E-state index contributed by atoms with van der Waals surface area (Å²) in [4.78, 5) is 33.1. The number of piperidine rings is 1. The number of hydrogen-bond acceptors (Lipinski definition) is 9. The molecule has 2 aromatic heterocycles. The maximum absolute atomic E-state index is 13.1. The van der Waals surface area contributed by atoms with Gasteiger partial charge in [0.1, 0.15) is 11.6 Å². The summed E-state index contributed by atoms with van der Waals surface area (Å²) < 4.78 is 39.4. The first kappa shape index (κ1) is 30.1. The van der Waals surface area contributed by atoms with E-state index in [1.807, 2.05) is 43.1 Å². The average Bonchev–Trinajstić information content (AvgIpc) is 3.02. The Kier molecular flexibility index (Phi) is 8.19. The van der Waals surface area contributed by atoms with Crippen molar-refractivity contribution in [2.75, 3.05) is 52.1 Å². The van der Waals surface area contributed by atoms with Gasteiger partial charge in [-0.25, -0.2) is 9.97 Å². The van der Waals surface area contributed by atoms with Crippen LogP contribution in [0.25, 0.3) is 0 Å². The normalized spacial score (nSPS) is 15.6. The molecule has 0 aliphatic carbocycles. The highest BCUT2D eigenvalue weighted by Crippen LogP contribution is 2.33. The van der Waals surface area contributed by atoms with Gasteiger partial charge in [0.05, 0.1) is 24.1 Å². The van der Waals surface area contributed by atoms with Gasteiger partial charge in [-0.1, -0.05) is 12.1 Å². The van der Waals surface area contributed by atoms with Gasteiger partial charge < -0.3 is 31.1 Å². The number of rotatable bonds is 6. The fourth-order valence-corrected chi connectivity index (χ4v) is 5.61. The molecular formula is C32H34F3N9O. The Morgan fingerprint density at radius 3 is 2.49 bits per heavy atom. The van der Waals surface area contributed by atoms with E-state index >= 15 is 0 Å². The van der Waals surface area contributed by atoms with E-state index in [9.17, 15) is 18.0 Å². The summed E-state index contributed by atoms with van der Waals surface area (Å²) in [5.74, 6) is 1.56. The summed E-state index contributed by atoms with van der Waals surface area (Å²) in [7, 11) is 1.94. The highest BCUT2D eigenvalue weighted by Gasteiger charge is 2.31. The largest absolute Gasteiger partial charge is 0.416 e. The molecule has 2 aromatic carbocycles. The molecule has 234 valence electrons. The van der Waals surface area contributed by atoms with Crippen molar-refractivity contribution >= 4 is 40.6 Å². The number of hydrogen-bond donors (Lipinski definition) is 3. The molecule has 0 unspecified atom stereocenters.